The fraction of sp³-hybridized carbons (Fsp3) is 0.200. The fourth-order valence-corrected chi connectivity index (χ4v) is 5.34. The van der Waals surface area contributed by atoms with Crippen LogP contribution in [0.1, 0.15) is 51.2 Å². The number of aryl methyl sites for hydroxylation is 3. The normalized spacial score (nSPS) is 11.0. The van der Waals surface area contributed by atoms with Gasteiger partial charge in [-0.05, 0) is 85.5 Å². The number of hydrogen-bond acceptors (Lipinski definition) is 6. The zero-order chi connectivity index (χ0) is 30.1. The maximum atomic E-state index is 12.7. The van der Waals surface area contributed by atoms with Gasteiger partial charge in [-0.1, -0.05) is 31.0 Å². The van der Waals surface area contributed by atoms with Crippen molar-refractivity contribution in [3.63, 3.8) is 0 Å². The van der Waals surface area contributed by atoms with Crippen molar-refractivity contribution < 1.29 is 14.3 Å². The number of para-hydroxylation sites is 1. The molecule has 214 valence electrons. The van der Waals surface area contributed by atoms with E-state index < -0.39 is 5.97 Å². The van der Waals surface area contributed by atoms with E-state index in [4.69, 9.17) is 24.5 Å². The van der Waals surface area contributed by atoms with Crippen LogP contribution in [0.5, 0.6) is 5.75 Å². The lowest BCUT2D eigenvalue weighted by atomic mass is 10.1. The Kier molecular flexibility index (Phi) is 7.39. The molecule has 3 heterocycles. The van der Waals surface area contributed by atoms with Crippen molar-refractivity contribution in [3.8, 4) is 23.3 Å². The van der Waals surface area contributed by atoms with Crippen LogP contribution in [-0.4, -0.2) is 44.5 Å². The highest BCUT2D eigenvalue weighted by molar-refractivity contribution is 5.94. The van der Waals surface area contributed by atoms with Gasteiger partial charge in [-0.3, -0.25) is 0 Å². The summed E-state index contributed by atoms with van der Waals surface area (Å²) >= 11 is 0. The van der Waals surface area contributed by atoms with Crippen molar-refractivity contribution in [1.29, 1.82) is 0 Å². The molecule has 3 aromatic heterocycles. The second-order valence-electron chi connectivity index (χ2n) is 10.3. The average molecular weight is 570 g/mol. The molecule has 0 spiro atoms. The van der Waals surface area contributed by atoms with Crippen molar-refractivity contribution in [2.45, 2.75) is 33.7 Å². The van der Waals surface area contributed by atoms with Gasteiger partial charge in [0.2, 0.25) is 0 Å². The monoisotopic (exact) mass is 569 g/mol. The number of pyridine rings is 1. The lowest BCUT2D eigenvalue weighted by Crippen LogP contribution is -2.09. The van der Waals surface area contributed by atoms with Crippen LogP contribution >= 0.6 is 0 Å². The third kappa shape index (κ3) is 5.22. The predicted molar refractivity (Wildman–Crippen MR) is 167 cm³/mol. The van der Waals surface area contributed by atoms with Gasteiger partial charge in [-0.2, -0.15) is 5.10 Å². The van der Waals surface area contributed by atoms with E-state index in [9.17, 15) is 4.79 Å². The van der Waals surface area contributed by atoms with Gasteiger partial charge >= 0.3 is 5.97 Å². The van der Waals surface area contributed by atoms with Crippen molar-refractivity contribution in [2.24, 2.45) is 0 Å². The summed E-state index contributed by atoms with van der Waals surface area (Å²) in [6.45, 7) is 6.80. The molecular formula is C35H31N5O3. The molecule has 0 bridgehead atoms. The number of benzene rings is 3. The van der Waals surface area contributed by atoms with Gasteiger partial charge in [0.25, 0.3) is 0 Å². The number of nitrogens with zero attached hydrogens (tertiary/aromatic N) is 5. The summed E-state index contributed by atoms with van der Waals surface area (Å²) in [7, 11) is 3.01. The van der Waals surface area contributed by atoms with E-state index >= 15 is 0 Å². The standard InChI is InChI=1S/C35H31N5O3/c1-6-32-37-33-22(2)19-23(3)36-34(33)39(32)21-25-13-17-29-28(20-25)31(18-14-24-11-15-26(42-4)16-12-24)40(38-29)30-10-8-7-9-27(30)35(41)43-5/h7-13,15-17,19-20H,6,21H2,1-5H3. The van der Waals surface area contributed by atoms with Gasteiger partial charge in [-0.15, -0.1) is 0 Å². The van der Waals surface area contributed by atoms with Gasteiger partial charge in [0, 0.05) is 23.1 Å². The zero-order valence-electron chi connectivity index (χ0n) is 24.8. The third-order valence-electron chi connectivity index (χ3n) is 7.45. The Balaban J connectivity index is 1.52. The molecule has 0 radical (unpaired) electrons. The molecule has 0 aliphatic heterocycles. The van der Waals surface area contributed by atoms with E-state index in [2.05, 4.69) is 48.5 Å². The van der Waals surface area contributed by atoms with Gasteiger partial charge in [0.05, 0.1) is 37.5 Å². The highest BCUT2D eigenvalue weighted by atomic mass is 16.5. The van der Waals surface area contributed by atoms with Crippen LogP contribution in [-0.2, 0) is 17.7 Å². The lowest BCUT2D eigenvalue weighted by Gasteiger charge is -2.09. The van der Waals surface area contributed by atoms with Crippen LogP contribution in [0.2, 0.25) is 0 Å². The van der Waals surface area contributed by atoms with E-state index in [1.165, 1.54) is 7.11 Å². The Morgan fingerprint density at radius 2 is 1.72 bits per heavy atom. The molecule has 0 amide bonds. The van der Waals surface area contributed by atoms with E-state index in [0.717, 1.165) is 62.4 Å². The summed E-state index contributed by atoms with van der Waals surface area (Å²) in [5.41, 5.74) is 8.22. The first kappa shape index (κ1) is 27.7. The second kappa shape index (κ2) is 11.5. The summed E-state index contributed by atoms with van der Waals surface area (Å²) in [6, 6.07) is 23.1. The van der Waals surface area contributed by atoms with Gasteiger partial charge in [-0.25, -0.2) is 19.4 Å². The molecule has 0 N–H and O–H groups in total. The van der Waals surface area contributed by atoms with Crippen molar-refractivity contribution in [3.05, 3.63) is 112 Å². The van der Waals surface area contributed by atoms with Crippen LogP contribution in [0.4, 0.5) is 0 Å². The molecule has 0 aliphatic rings. The molecule has 8 heteroatoms. The minimum absolute atomic E-state index is 0.403. The first-order chi connectivity index (χ1) is 20.9. The predicted octanol–water partition coefficient (Wildman–Crippen LogP) is 6.19. The summed E-state index contributed by atoms with van der Waals surface area (Å²) in [4.78, 5) is 22.4. The number of aromatic nitrogens is 5. The topological polar surface area (TPSA) is 84.1 Å². The molecule has 0 saturated heterocycles. The van der Waals surface area contributed by atoms with Gasteiger partial charge in [0.1, 0.15) is 22.8 Å². The minimum Gasteiger partial charge on any atom is -0.497 e. The zero-order valence-corrected chi connectivity index (χ0v) is 24.8. The average Bonchev–Trinajstić information content (AvgIpc) is 3.57. The second-order valence-corrected chi connectivity index (χ2v) is 10.3. The first-order valence-electron chi connectivity index (χ1n) is 14.1. The van der Waals surface area contributed by atoms with Crippen molar-refractivity contribution >= 4 is 28.0 Å². The fourth-order valence-electron chi connectivity index (χ4n) is 5.34. The summed E-state index contributed by atoms with van der Waals surface area (Å²) < 4.78 is 14.3. The molecule has 6 aromatic rings. The Labute approximate surface area is 249 Å². The number of esters is 1. The van der Waals surface area contributed by atoms with Crippen LogP contribution < -0.4 is 4.74 Å². The van der Waals surface area contributed by atoms with Crippen LogP contribution in [0.3, 0.4) is 0 Å². The number of fused-ring (bicyclic) bond motifs is 2. The molecule has 0 atom stereocenters. The molecule has 6 rings (SSSR count). The lowest BCUT2D eigenvalue weighted by molar-refractivity contribution is 0.0600. The van der Waals surface area contributed by atoms with Crippen molar-refractivity contribution in [2.75, 3.05) is 14.2 Å². The maximum absolute atomic E-state index is 12.7. The Bertz CT molecular complexity index is 2060. The van der Waals surface area contributed by atoms with E-state index in [-0.39, 0.29) is 0 Å². The Morgan fingerprint density at radius 1 is 0.930 bits per heavy atom. The number of ether oxygens (including phenoxy) is 2. The number of hydrogen-bond donors (Lipinski definition) is 0. The highest BCUT2D eigenvalue weighted by Gasteiger charge is 2.19. The van der Waals surface area contributed by atoms with E-state index in [1.54, 1.807) is 23.9 Å². The molecule has 0 fully saturated rings. The number of methoxy groups -OCH3 is 2. The quantitative estimate of drug-likeness (QED) is 0.176. The summed E-state index contributed by atoms with van der Waals surface area (Å²) in [5, 5.41) is 5.78. The number of imidazole rings is 1. The van der Waals surface area contributed by atoms with Crippen LogP contribution in [0.15, 0.2) is 72.8 Å². The number of carbonyl (C=O) groups is 1. The van der Waals surface area contributed by atoms with Gasteiger partial charge < -0.3 is 14.0 Å². The highest BCUT2D eigenvalue weighted by Crippen LogP contribution is 2.27. The SMILES string of the molecule is CCc1nc2c(C)cc(C)nc2n1Cc1ccc2nn(-c3ccccc3C(=O)OC)c(C#Cc3ccc(OC)cc3)c2c1. The smallest absolute Gasteiger partial charge is 0.340 e. The first-order valence-corrected chi connectivity index (χ1v) is 14.1. The molecule has 3 aromatic carbocycles. The number of rotatable bonds is 6. The largest absolute Gasteiger partial charge is 0.497 e. The molecule has 8 nitrogen and oxygen atoms in total. The number of carbonyl (C=O) groups excluding carboxylic acids is 1. The summed E-state index contributed by atoms with van der Waals surface area (Å²) in [5.74, 6) is 7.93. The Morgan fingerprint density at radius 3 is 2.47 bits per heavy atom. The van der Waals surface area contributed by atoms with E-state index in [1.807, 2.05) is 49.4 Å². The minimum atomic E-state index is -0.443. The van der Waals surface area contributed by atoms with Gasteiger partial charge in [0.15, 0.2) is 5.65 Å². The molecule has 0 aliphatic carbocycles. The summed E-state index contributed by atoms with van der Waals surface area (Å²) in [6.07, 6.45) is 0.790. The molecule has 43 heavy (non-hydrogen) atoms. The van der Waals surface area contributed by atoms with Crippen LogP contribution in [0, 0.1) is 25.7 Å². The Hall–Kier alpha value is -5.42. The molecule has 0 unspecified atom stereocenters. The third-order valence-corrected chi connectivity index (χ3v) is 7.45. The van der Waals surface area contributed by atoms with Crippen LogP contribution in [0.25, 0.3) is 27.8 Å². The molecular weight excluding hydrogens is 538 g/mol. The van der Waals surface area contributed by atoms with E-state index in [0.29, 0.717) is 23.5 Å². The molecule has 0 saturated carbocycles. The maximum Gasteiger partial charge on any atom is 0.340 e. The van der Waals surface area contributed by atoms with Crippen molar-refractivity contribution in [1.82, 2.24) is 24.3 Å².